The van der Waals surface area contributed by atoms with Gasteiger partial charge in [-0.2, -0.15) is 0 Å². The van der Waals surface area contributed by atoms with Crippen LogP contribution in [0.1, 0.15) is 31.8 Å². The molecule has 0 fully saturated rings. The van der Waals surface area contributed by atoms with Crippen LogP contribution in [0.15, 0.2) is 109 Å². The van der Waals surface area contributed by atoms with E-state index in [4.69, 9.17) is 9.47 Å². The molecule has 0 bridgehead atoms. The van der Waals surface area contributed by atoms with Gasteiger partial charge >= 0.3 is 0 Å². The van der Waals surface area contributed by atoms with E-state index in [1.54, 1.807) is 124 Å². The lowest BCUT2D eigenvalue weighted by molar-refractivity contribution is -0.113. The topological polar surface area (TPSA) is 107 Å². The second-order valence-corrected chi connectivity index (χ2v) is 8.50. The van der Waals surface area contributed by atoms with E-state index in [0.29, 0.717) is 39.4 Å². The number of anilines is 1. The van der Waals surface area contributed by atoms with Crippen LogP contribution in [0, 0.1) is 0 Å². The number of benzene rings is 3. The van der Waals surface area contributed by atoms with Gasteiger partial charge in [-0.15, -0.1) is 0 Å². The summed E-state index contributed by atoms with van der Waals surface area (Å²) in [4.78, 5) is 42.7. The Kier molecular flexibility index (Phi) is 9.18. The van der Waals surface area contributed by atoms with E-state index in [1.807, 2.05) is 0 Å². The van der Waals surface area contributed by atoms with Crippen LogP contribution in [-0.4, -0.2) is 36.8 Å². The summed E-state index contributed by atoms with van der Waals surface area (Å²) in [6, 6.07) is 23.9. The van der Waals surface area contributed by atoms with E-state index in [9.17, 15) is 14.4 Å². The zero-order chi connectivity index (χ0) is 28.3. The van der Waals surface area contributed by atoms with Crippen LogP contribution in [0.4, 0.5) is 5.69 Å². The molecular formula is C32H27N3O5. The highest BCUT2D eigenvalue weighted by atomic mass is 16.5. The zero-order valence-electron chi connectivity index (χ0n) is 22.0. The minimum atomic E-state index is -0.530. The number of nitrogens with zero attached hydrogens (tertiary/aromatic N) is 1. The van der Waals surface area contributed by atoms with Crippen molar-refractivity contribution in [2.24, 2.45) is 0 Å². The molecule has 0 saturated carbocycles. The Morgan fingerprint density at radius 2 is 1.60 bits per heavy atom. The lowest BCUT2D eigenvalue weighted by Gasteiger charge is -2.11. The van der Waals surface area contributed by atoms with Crippen molar-refractivity contribution < 1.29 is 23.9 Å². The molecule has 0 aliphatic rings. The summed E-state index contributed by atoms with van der Waals surface area (Å²) in [6.07, 6.45) is 7.84. The number of ether oxygens (including phenoxy) is 2. The van der Waals surface area contributed by atoms with Gasteiger partial charge in [-0.3, -0.25) is 19.4 Å². The Morgan fingerprint density at radius 1 is 0.825 bits per heavy atom. The number of hydrogen-bond donors (Lipinski definition) is 2. The lowest BCUT2D eigenvalue weighted by atomic mass is 10.1. The van der Waals surface area contributed by atoms with Gasteiger partial charge in [0.2, 0.25) is 0 Å². The predicted octanol–water partition coefficient (Wildman–Crippen LogP) is 5.40. The Hall–Kier alpha value is -5.50. The molecule has 4 rings (SSSR count). The highest BCUT2D eigenvalue weighted by molar-refractivity contribution is 6.11. The summed E-state index contributed by atoms with van der Waals surface area (Å²) in [7, 11) is 3.12. The molecule has 0 aliphatic carbocycles. The molecule has 2 N–H and O–H groups in total. The van der Waals surface area contributed by atoms with Crippen LogP contribution in [0.3, 0.4) is 0 Å². The molecule has 8 heteroatoms. The van der Waals surface area contributed by atoms with Crippen molar-refractivity contribution in [1.29, 1.82) is 0 Å². The van der Waals surface area contributed by atoms with E-state index >= 15 is 0 Å². The van der Waals surface area contributed by atoms with Gasteiger partial charge < -0.3 is 20.1 Å². The molecule has 3 aromatic carbocycles. The first-order valence-corrected chi connectivity index (χ1v) is 12.3. The number of rotatable bonds is 10. The van der Waals surface area contributed by atoms with Crippen LogP contribution in [0.5, 0.6) is 11.5 Å². The van der Waals surface area contributed by atoms with Crippen molar-refractivity contribution in [2.75, 3.05) is 19.5 Å². The molecule has 40 heavy (non-hydrogen) atoms. The first-order chi connectivity index (χ1) is 19.5. The number of amides is 2. The highest BCUT2D eigenvalue weighted by Crippen LogP contribution is 2.25. The third-order valence-corrected chi connectivity index (χ3v) is 5.80. The van der Waals surface area contributed by atoms with E-state index in [-0.39, 0.29) is 11.5 Å². The largest absolute Gasteiger partial charge is 0.497 e. The van der Waals surface area contributed by atoms with Crippen LogP contribution in [-0.2, 0) is 4.79 Å². The number of carbonyl (C=O) groups excluding carboxylic acids is 3. The summed E-state index contributed by atoms with van der Waals surface area (Å²) in [5.74, 6) is 0.0702. The number of ketones is 1. The lowest BCUT2D eigenvalue weighted by Crippen LogP contribution is -2.30. The summed E-state index contributed by atoms with van der Waals surface area (Å²) in [6.45, 7) is 0. The fraction of sp³-hybridized carbons (Fsp3) is 0.0625. The van der Waals surface area contributed by atoms with Crippen LogP contribution < -0.4 is 20.1 Å². The Morgan fingerprint density at radius 3 is 2.27 bits per heavy atom. The minimum Gasteiger partial charge on any atom is -0.497 e. The Bertz CT molecular complexity index is 1550. The number of allylic oxidation sites excluding steroid dienone is 1. The molecular weight excluding hydrogens is 506 g/mol. The Labute approximate surface area is 232 Å². The van der Waals surface area contributed by atoms with Gasteiger partial charge in [0.15, 0.2) is 5.78 Å². The summed E-state index contributed by atoms with van der Waals surface area (Å²) >= 11 is 0. The summed E-state index contributed by atoms with van der Waals surface area (Å²) in [5.41, 5.74) is 2.67. The van der Waals surface area contributed by atoms with Gasteiger partial charge in [0, 0.05) is 34.8 Å². The van der Waals surface area contributed by atoms with Crippen molar-refractivity contribution in [3.05, 3.63) is 131 Å². The number of hydrogen-bond acceptors (Lipinski definition) is 6. The first kappa shape index (κ1) is 27.5. The molecule has 0 atom stereocenters. The predicted molar refractivity (Wildman–Crippen MR) is 154 cm³/mol. The fourth-order valence-corrected chi connectivity index (χ4v) is 3.72. The number of pyridine rings is 1. The average Bonchev–Trinajstić information content (AvgIpc) is 3.00. The second-order valence-electron chi connectivity index (χ2n) is 8.50. The minimum absolute atomic E-state index is 0.0391. The zero-order valence-corrected chi connectivity index (χ0v) is 22.0. The van der Waals surface area contributed by atoms with E-state index < -0.39 is 11.8 Å². The second kappa shape index (κ2) is 13.3. The number of nitrogens with one attached hydrogen (secondary N) is 2. The van der Waals surface area contributed by atoms with Gasteiger partial charge in [-0.05, 0) is 84.5 Å². The molecule has 200 valence electrons. The van der Waals surface area contributed by atoms with E-state index in [2.05, 4.69) is 15.6 Å². The molecule has 4 aromatic rings. The molecule has 1 aromatic heterocycles. The first-order valence-electron chi connectivity index (χ1n) is 12.3. The van der Waals surface area contributed by atoms with Crippen molar-refractivity contribution >= 4 is 35.4 Å². The van der Waals surface area contributed by atoms with Crippen LogP contribution >= 0.6 is 0 Å². The molecule has 8 nitrogen and oxygen atoms in total. The molecule has 0 saturated heterocycles. The van der Waals surface area contributed by atoms with Crippen molar-refractivity contribution in [3.63, 3.8) is 0 Å². The number of methoxy groups -OCH3 is 2. The number of aromatic nitrogens is 1. The number of carbonyl (C=O) groups is 3. The molecule has 2 amide bonds. The van der Waals surface area contributed by atoms with Crippen LogP contribution in [0.25, 0.3) is 12.2 Å². The van der Waals surface area contributed by atoms with Crippen LogP contribution in [0.2, 0.25) is 0 Å². The summed E-state index contributed by atoms with van der Waals surface area (Å²) < 4.78 is 10.6. The van der Waals surface area contributed by atoms with Gasteiger partial charge in [0.1, 0.15) is 17.2 Å². The third kappa shape index (κ3) is 7.29. The van der Waals surface area contributed by atoms with E-state index in [1.165, 1.54) is 6.08 Å². The standard InChI is InChI=1S/C32H27N3O5/c1-39-27-15-17-30(40-2)25(20-27)12-16-29(36)23-10-13-26(14-11-23)34-32(38)28(19-22-7-6-18-33-21-22)35-31(37)24-8-4-3-5-9-24/h3-21H,1-2H3,(H,34,38)(H,35,37)/b16-12+,28-19-. The quantitative estimate of drug-likeness (QED) is 0.209. The molecule has 1 heterocycles. The smallest absolute Gasteiger partial charge is 0.272 e. The van der Waals surface area contributed by atoms with Crippen molar-refractivity contribution in [2.45, 2.75) is 0 Å². The normalized spacial score (nSPS) is 11.1. The maximum atomic E-state index is 13.2. The van der Waals surface area contributed by atoms with Crippen molar-refractivity contribution in [3.8, 4) is 11.5 Å². The fourth-order valence-electron chi connectivity index (χ4n) is 3.72. The monoisotopic (exact) mass is 533 g/mol. The van der Waals surface area contributed by atoms with Gasteiger partial charge in [-0.1, -0.05) is 24.3 Å². The average molecular weight is 534 g/mol. The van der Waals surface area contributed by atoms with Gasteiger partial charge in [0.05, 0.1) is 14.2 Å². The maximum Gasteiger partial charge on any atom is 0.272 e. The third-order valence-electron chi connectivity index (χ3n) is 5.80. The Balaban J connectivity index is 1.48. The van der Waals surface area contributed by atoms with Gasteiger partial charge in [0.25, 0.3) is 11.8 Å². The molecule has 0 radical (unpaired) electrons. The molecule has 0 unspecified atom stereocenters. The SMILES string of the molecule is COc1ccc(OC)c(/C=C/C(=O)c2ccc(NC(=O)/C(=C/c3cccnc3)NC(=O)c3ccccc3)cc2)c1. The summed E-state index contributed by atoms with van der Waals surface area (Å²) in [5, 5.41) is 5.45. The maximum absolute atomic E-state index is 13.2. The molecule has 0 spiro atoms. The highest BCUT2D eigenvalue weighted by Gasteiger charge is 2.15. The molecule has 0 aliphatic heterocycles. The van der Waals surface area contributed by atoms with E-state index in [0.717, 1.165) is 0 Å². The van der Waals surface area contributed by atoms with Crippen molar-refractivity contribution in [1.82, 2.24) is 10.3 Å². The van der Waals surface area contributed by atoms with Gasteiger partial charge in [-0.25, -0.2) is 0 Å².